The van der Waals surface area contributed by atoms with E-state index in [2.05, 4.69) is 29.4 Å². The number of carbonyl (C=O) groups excluding carboxylic acids is 1. The van der Waals surface area contributed by atoms with Crippen molar-refractivity contribution in [3.63, 3.8) is 0 Å². The first-order valence-electron chi connectivity index (χ1n) is 8.75. The number of piperidine rings is 1. The maximum Gasteiger partial charge on any atom is 0.315 e. The van der Waals surface area contributed by atoms with Gasteiger partial charge >= 0.3 is 6.03 Å². The van der Waals surface area contributed by atoms with Gasteiger partial charge < -0.3 is 25.0 Å². The molecule has 2 N–H and O–H groups in total. The maximum atomic E-state index is 12.1. The number of hydrogen-bond acceptors (Lipinski definition) is 4. The molecule has 0 radical (unpaired) electrons. The predicted molar refractivity (Wildman–Crippen MR) is 92.2 cm³/mol. The van der Waals surface area contributed by atoms with Crippen molar-refractivity contribution in [2.75, 3.05) is 26.4 Å². The number of rotatable bonds is 5. The van der Waals surface area contributed by atoms with E-state index >= 15 is 0 Å². The zero-order valence-corrected chi connectivity index (χ0v) is 14.5. The Kier molecular flexibility index (Phi) is 5.45. The Morgan fingerprint density at radius 3 is 3.04 bits per heavy atom. The lowest BCUT2D eigenvalue weighted by molar-refractivity contribution is 0.169. The highest BCUT2D eigenvalue weighted by molar-refractivity contribution is 5.74. The molecule has 2 amide bonds. The Bertz CT molecular complexity index is 579. The molecule has 1 aromatic rings. The number of likely N-dealkylation sites (tertiary alicyclic amines) is 1. The summed E-state index contributed by atoms with van der Waals surface area (Å²) in [6, 6.07) is 5.71. The van der Waals surface area contributed by atoms with Crippen LogP contribution in [0.25, 0.3) is 0 Å². The van der Waals surface area contributed by atoms with Gasteiger partial charge in [0.05, 0.1) is 0 Å². The molecule has 2 aliphatic heterocycles. The second kappa shape index (κ2) is 7.75. The van der Waals surface area contributed by atoms with E-state index in [4.69, 9.17) is 9.47 Å². The maximum absolute atomic E-state index is 12.1. The Morgan fingerprint density at radius 2 is 2.21 bits per heavy atom. The number of amides is 2. The fraction of sp³-hybridized carbons (Fsp3) is 0.611. The van der Waals surface area contributed by atoms with Crippen molar-refractivity contribution >= 4 is 6.03 Å². The molecule has 2 atom stereocenters. The van der Waals surface area contributed by atoms with Crippen LogP contribution in [-0.2, 0) is 6.54 Å². The lowest BCUT2D eigenvalue weighted by Crippen LogP contribution is -2.47. The first kappa shape index (κ1) is 16.9. The Morgan fingerprint density at radius 1 is 1.38 bits per heavy atom. The van der Waals surface area contributed by atoms with E-state index < -0.39 is 0 Å². The SMILES string of the molecule is CC1CCCN(CC(C)NC(=O)NCc2ccc3c(c2)OCO3)C1. The van der Waals surface area contributed by atoms with E-state index in [1.165, 1.54) is 12.8 Å². The summed E-state index contributed by atoms with van der Waals surface area (Å²) in [5.74, 6) is 2.25. The zero-order valence-electron chi connectivity index (χ0n) is 14.5. The first-order valence-corrected chi connectivity index (χ1v) is 8.75. The number of fused-ring (bicyclic) bond motifs is 1. The molecule has 0 aromatic heterocycles. The molecule has 6 nitrogen and oxygen atoms in total. The van der Waals surface area contributed by atoms with Gasteiger partial charge in [-0.15, -0.1) is 0 Å². The largest absolute Gasteiger partial charge is 0.454 e. The summed E-state index contributed by atoms with van der Waals surface area (Å²) >= 11 is 0. The average Bonchev–Trinajstić information content (AvgIpc) is 3.00. The van der Waals surface area contributed by atoms with Crippen LogP contribution < -0.4 is 20.1 Å². The Hall–Kier alpha value is -1.95. The van der Waals surface area contributed by atoms with Crippen LogP contribution in [0.5, 0.6) is 11.5 Å². The molecular weight excluding hydrogens is 306 g/mol. The standard InChI is InChI=1S/C18H27N3O3/c1-13-4-3-7-21(10-13)11-14(2)20-18(22)19-9-15-5-6-16-17(8-15)24-12-23-16/h5-6,8,13-14H,3-4,7,9-12H2,1-2H3,(H2,19,20,22). The number of ether oxygens (including phenoxy) is 2. The zero-order chi connectivity index (χ0) is 16.9. The van der Waals surface area contributed by atoms with Crippen molar-refractivity contribution in [2.24, 2.45) is 5.92 Å². The van der Waals surface area contributed by atoms with Gasteiger partial charge in [-0.1, -0.05) is 13.0 Å². The lowest BCUT2D eigenvalue weighted by Gasteiger charge is -2.32. The number of benzene rings is 1. The first-order chi connectivity index (χ1) is 11.6. The van der Waals surface area contributed by atoms with Crippen molar-refractivity contribution in [1.29, 1.82) is 0 Å². The summed E-state index contributed by atoms with van der Waals surface area (Å²) in [5, 5.41) is 5.92. The van der Waals surface area contributed by atoms with Gasteiger partial charge in [0.1, 0.15) is 0 Å². The molecule has 0 saturated carbocycles. The van der Waals surface area contributed by atoms with Crippen LogP contribution in [0.4, 0.5) is 4.79 Å². The molecule has 2 unspecified atom stereocenters. The molecule has 0 bridgehead atoms. The minimum Gasteiger partial charge on any atom is -0.454 e. The fourth-order valence-corrected chi connectivity index (χ4v) is 3.39. The smallest absolute Gasteiger partial charge is 0.315 e. The topological polar surface area (TPSA) is 62.8 Å². The molecule has 1 fully saturated rings. The van der Waals surface area contributed by atoms with Crippen molar-refractivity contribution < 1.29 is 14.3 Å². The van der Waals surface area contributed by atoms with Crippen LogP contribution >= 0.6 is 0 Å². The van der Waals surface area contributed by atoms with E-state index in [0.717, 1.165) is 42.6 Å². The second-order valence-electron chi connectivity index (χ2n) is 6.92. The molecule has 2 heterocycles. The van der Waals surface area contributed by atoms with Gasteiger partial charge in [0, 0.05) is 25.7 Å². The summed E-state index contributed by atoms with van der Waals surface area (Å²) in [4.78, 5) is 14.5. The Labute approximate surface area is 143 Å². The van der Waals surface area contributed by atoms with Gasteiger partial charge in [-0.2, -0.15) is 0 Å². The van der Waals surface area contributed by atoms with Crippen molar-refractivity contribution in [3.05, 3.63) is 23.8 Å². The van der Waals surface area contributed by atoms with Crippen LogP contribution in [0.1, 0.15) is 32.3 Å². The fourth-order valence-electron chi connectivity index (χ4n) is 3.39. The summed E-state index contributed by atoms with van der Waals surface area (Å²) < 4.78 is 10.6. The van der Waals surface area contributed by atoms with Gasteiger partial charge in [-0.25, -0.2) is 4.79 Å². The monoisotopic (exact) mass is 333 g/mol. The second-order valence-corrected chi connectivity index (χ2v) is 6.92. The summed E-state index contributed by atoms with van der Waals surface area (Å²) in [7, 11) is 0. The molecule has 2 aliphatic rings. The highest BCUT2D eigenvalue weighted by Crippen LogP contribution is 2.32. The number of urea groups is 1. The molecule has 132 valence electrons. The molecule has 3 rings (SSSR count). The highest BCUT2D eigenvalue weighted by Gasteiger charge is 2.19. The lowest BCUT2D eigenvalue weighted by atomic mass is 10.00. The minimum atomic E-state index is -0.134. The third kappa shape index (κ3) is 4.54. The van der Waals surface area contributed by atoms with Crippen LogP contribution in [0, 0.1) is 5.92 Å². The van der Waals surface area contributed by atoms with Crippen LogP contribution in [0.3, 0.4) is 0 Å². The van der Waals surface area contributed by atoms with E-state index in [1.54, 1.807) is 0 Å². The quantitative estimate of drug-likeness (QED) is 0.868. The summed E-state index contributed by atoms with van der Waals surface area (Å²) in [6.07, 6.45) is 2.57. The summed E-state index contributed by atoms with van der Waals surface area (Å²) in [5.41, 5.74) is 0.993. The van der Waals surface area contributed by atoms with E-state index in [1.807, 2.05) is 18.2 Å². The third-order valence-electron chi connectivity index (χ3n) is 4.54. The van der Waals surface area contributed by atoms with Gasteiger partial charge in [-0.05, 0) is 49.9 Å². The molecule has 0 aliphatic carbocycles. The number of nitrogens with zero attached hydrogens (tertiary/aromatic N) is 1. The van der Waals surface area contributed by atoms with Gasteiger partial charge in [-0.3, -0.25) is 0 Å². The van der Waals surface area contributed by atoms with E-state index in [-0.39, 0.29) is 18.9 Å². The van der Waals surface area contributed by atoms with Gasteiger partial charge in [0.15, 0.2) is 11.5 Å². The minimum absolute atomic E-state index is 0.132. The molecule has 6 heteroatoms. The Balaban J connectivity index is 1.40. The van der Waals surface area contributed by atoms with E-state index in [0.29, 0.717) is 6.54 Å². The molecule has 0 spiro atoms. The number of hydrogen-bond donors (Lipinski definition) is 2. The van der Waals surface area contributed by atoms with Gasteiger partial charge in [0.25, 0.3) is 0 Å². The normalized spacial score (nSPS) is 21.3. The summed E-state index contributed by atoms with van der Waals surface area (Å²) in [6.45, 7) is 8.25. The van der Waals surface area contributed by atoms with Crippen molar-refractivity contribution in [2.45, 2.75) is 39.3 Å². The number of carbonyl (C=O) groups is 1. The van der Waals surface area contributed by atoms with Crippen molar-refractivity contribution in [1.82, 2.24) is 15.5 Å². The highest BCUT2D eigenvalue weighted by atomic mass is 16.7. The molecular formula is C18H27N3O3. The van der Waals surface area contributed by atoms with Gasteiger partial charge in [0.2, 0.25) is 6.79 Å². The van der Waals surface area contributed by atoms with Crippen molar-refractivity contribution in [3.8, 4) is 11.5 Å². The third-order valence-corrected chi connectivity index (χ3v) is 4.54. The molecule has 1 aromatic carbocycles. The molecule has 1 saturated heterocycles. The van der Waals surface area contributed by atoms with Crippen LogP contribution in [-0.4, -0.2) is 43.4 Å². The molecule has 24 heavy (non-hydrogen) atoms. The average molecular weight is 333 g/mol. The van der Waals surface area contributed by atoms with E-state index in [9.17, 15) is 4.79 Å². The predicted octanol–water partition coefficient (Wildman–Crippen LogP) is 2.33. The van der Waals surface area contributed by atoms with Crippen LogP contribution in [0.15, 0.2) is 18.2 Å². The number of nitrogens with one attached hydrogen (secondary N) is 2. The van der Waals surface area contributed by atoms with Crippen LogP contribution in [0.2, 0.25) is 0 Å².